The fourth-order valence-corrected chi connectivity index (χ4v) is 5.32. The maximum Gasteiger partial charge on any atom is 0.311 e. The molecule has 50 heavy (non-hydrogen) atoms. The predicted octanol–water partition coefficient (Wildman–Crippen LogP) is 5.98. The van der Waals surface area contributed by atoms with Gasteiger partial charge in [-0.05, 0) is 60.7 Å². The molecule has 0 N–H and O–H groups in total. The summed E-state index contributed by atoms with van der Waals surface area (Å²) in [5.41, 5.74) is 2.09. The van der Waals surface area contributed by atoms with E-state index in [1.54, 1.807) is 30.3 Å². The van der Waals surface area contributed by atoms with Crippen LogP contribution in [0.2, 0.25) is 0 Å². The van der Waals surface area contributed by atoms with E-state index >= 15 is 0 Å². The second-order valence-electron chi connectivity index (χ2n) is 12.3. The molecule has 4 heterocycles. The van der Waals surface area contributed by atoms with Crippen LogP contribution in [0.1, 0.15) is 0 Å². The maximum atomic E-state index is 11.1. The summed E-state index contributed by atoms with van der Waals surface area (Å²) in [6.07, 6.45) is 1.20. The summed E-state index contributed by atoms with van der Waals surface area (Å²) < 4.78 is 32.7. The Labute approximate surface area is 287 Å². The molecule has 4 aromatic carbocycles. The largest absolute Gasteiger partial charge is 0.457 e. The smallest absolute Gasteiger partial charge is 0.311 e. The second-order valence-corrected chi connectivity index (χ2v) is 12.3. The topological polar surface area (TPSA) is 161 Å². The highest BCUT2D eigenvalue weighted by Gasteiger charge is 2.32. The third-order valence-electron chi connectivity index (χ3n) is 8.26. The van der Waals surface area contributed by atoms with Gasteiger partial charge in [0.2, 0.25) is 5.75 Å². The minimum absolute atomic E-state index is 0.00848. The van der Waals surface area contributed by atoms with Crippen molar-refractivity contribution in [1.82, 2.24) is 0 Å². The minimum Gasteiger partial charge on any atom is -0.457 e. The molecule has 14 nitrogen and oxygen atoms in total. The molecular formula is C36H36N4O10. The van der Waals surface area contributed by atoms with Crippen LogP contribution >= 0.6 is 0 Å². The number of para-hydroxylation sites is 2. The molecule has 8 rings (SSSR count). The van der Waals surface area contributed by atoms with Crippen molar-refractivity contribution in [2.24, 2.45) is 0 Å². The van der Waals surface area contributed by atoms with E-state index in [-0.39, 0.29) is 17.1 Å². The number of nitrogens with zero attached hydrogens (tertiary/aromatic N) is 4. The molecule has 260 valence electrons. The lowest BCUT2D eigenvalue weighted by atomic mass is 10.2. The fourth-order valence-electron chi connectivity index (χ4n) is 5.32. The van der Waals surface area contributed by atoms with E-state index in [2.05, 4.69) is 9.80 Å². The van der Waals surface area contributed by atoms with E-state index in [1.807, 2.05) is 48.5 Å². The minimum atomic E-state index is -0.448. The number of non-ortho nitro benzene ring substituents is 1. The molecule has 4 atom stereocenters. The van der Waals surface area contributed by atoms with Crippen molar-refractivity contribution in [3.63, 3.8) is 0 Å². The van der Waals surface area contributed by atoms with Crippen LogP contribution in [0.25, 0.3) is 0 Å². The Morgan fingerprint density at radius 3 is 1.46 bits per heavy atom. The molecule has 0 radical (unpaired) electrons. The molecule has 4 aliphatic heterocycles. The summed E-state index contributed by atoms with van der Waals surface area (Å²) in [6.45, 7) is 6.62. The van der Waals surface area contributed by atoms with Crippen LogP contribution in [0, 0.1) is 20.2 Å². The molecule has 0 amide bonds. The van der Waals surface area contributed by atoms with Crippen molar-refractivity contribution in [3.05, 3.63) is 117 Å². The number of epoxide rings is 4. The van der Waals surface area contributed by atoms with Gasteiger partial charge in [-0.1, -0.05) is 18.2 Å². The molecule has 0 bridgehead atoms. The third-order valence-corrected chi connectivity index (χ3v) is 8.26. The summed E-state index contributed by atoms with van der Waals surface area (Å²) in [4.78, 5) is 25.5. The Hall–Kier alpha value is -5.28. The standard InChI is InChI=1S/2C18H18N2O5/c21-20(22)14-2-1-3-16(8-14)25-15-6-4-13(5-7-15)19(9-17-11-23-17)10-18-12-24-18;21-20(22)17-3-1-2-4-18(17)25-14-7-5-13(6-8-14)19(9-15-11-23-15)10-16-12-24-16/h1-8,17-18H,9-12H2;1-8,15-16H,9-12H2. The van der Waals surface area contributed by atoms with Gasteiger partial charge >= 0.3 is 5.69 Å². The van der Waals surface area contributed by atoms with Gasteiger partial charge in [0.1, 0.15) is 17.2 Å². The second kappa shape index (κ2) is 15.1. The van der Waals surface area contributed by atoms with Crippen molar-refractivity contribution in [2.45, 2.75) is 24.4 Å². The van der Waals surface area contributed by atoms with Crippen molar-refractivity contribution in [3.8, 4) is 23.0 Å². The number of nitro benzene ring substituents is 2. The van der Waals surface area contributed by atoms with Crippen molar-refractivity contribution in [1.29, 1.82) is 0 Å². The van der Waals surface area contributed by atoms with Gasteiger partial charge in [0.15, 0.2) is 0 Å². The molecule has 0 spiro atoms. The number of ether oxygens (including phenoxy) is 6. The number of hydrogen-bond donors (Lipinski definition) is 0. The SMILES string of the molecule is O=[N+]([O-])c1cccc(Oc2ccc(N(CC3CO3)CC3CO3)cc2)c1.O=[N+]([O-])c1ccccc1Oc1ccc(N(CC2CO2)CC2CO2)cc1. The third kappa shape index (κ3) is 9.66. The zero-order valence-electron chi connectivity index (χ0n) is 27.1. The summed E-state index contributed by atoms with van der Waals surface area (Å²) in [5, 5.41) is 21.9. The molecular weight excluding hydrogens is 648 g/mol. The lowest BCUT2D eigenvalue weighted by Gasteiger charge is -2.23. The summed E-state index contributed by atoms with van der Waals surface area (Å²) >= 11 is 0. The zero-order chi connectivity index (χ0) is 34.5. The first-order valence-electron chi connectivity index (χ1n) is 16.4. The monoisotopic (exact) mass is 684 g/mol. The Morgan fingerprint density at radius 2 is 1.02 bits per heavy atom. The predicted molar refractivity (Wildman–Crippen MR) is 183 cm³/mol. The van der Waals surface area contributed by atoms with Gasteiger partial charge < -0.3 is 38.2 Å². The first kappa shape index (κ1) is 33.2. The Kier molecular flexibility index (Phi) is 10.0. The molecule has 0 aromatic heterocycles. The molecule has 4 aliphatic rings. The number of anilines is 2. The van der Waals surface area contributed by atoms with Crippen molar-refractivity contribution in [2.75, 3.05) is 62.4 Å². The fraction of sp³-hybridized carbons (Fsp3) is 0.333. The van der Waals surface area contributed by atoms with Crippen LogP contribution in [-0.4, -0.2) is 86.9 Å². The number of hydrogen-bond acceptors (Lipinski definition) is 12. The van der Waals surface area contributed by atoms with Crippen LogP contribution < -0.4 is 19.3 Å². The van der Waals surface area contributed by atoms with Crippen LogP contribution in [-0.2, 0) is 18.9 Å². The quantitative estimate of drug-likeness (QED) is 0.0772. The Morgan fingerprint density at radius 1 is 0.560 bits per heavy atom. The average Bonchev–Trinajstić information content (AvgIpc) is 3.89. The summed E-state index contributed by atoms with van der Waals surface area (Å²) in [6, 6.07) is 27.7. The highest BCUT2D eigenvalue weighted by Crippen LogP contribution is 2.33. The summed E-state index contributed by atoms with van der Waals surface area (Å²) in [7, 11) is 0. The first-order chi connectivity index (χ1) is 24.4. The van der Waals surface area contributed by atoms with Crippen LogP contribution in [0.5, 0.6) is 23.0 Å². The molecule has 0 aliphatic carbocycles. The van der Waals surface area contributed by atoms with Gasteiger partial charge in [-0.25, -0.2) is 0 Å². The lowest BCUT2D eigenvalue weighted by Crippen LogP contribution is -2.31. The molecule has 4 fully saturated rings. The van der Waals surface area contributed by atoms with Gasteiger partial charge in [-0.15, -0.1) is 0 Å². The number of benzene rings is 4. The Bertz CT molecular complexity index is 1750. The van der Waals surface area contributed by atoms with E-state index in [4.69, 9.17) is 28.4 Å². The van der Waals surface area contributed by atoms with E-state index in [1.165, 1.54) is 18.2 Å². The maximum absolute atomic E-state index is 11.1. The van der Waals surface area contributed by atoms with E-state index in [9.17, 15) is 20.2 Å². The highest BCUT2D eigenvalue weighted by molar-refractivity contribution is 5.53. The molecule has 0 saturated carbocycles. The molecule has 4 aromatic rings. The highest BCUT2D eigenvalue weighted by atomic mass is 16.6. The number of rotatable bonds is 16. The van der Waals surface area contributed by atoms with E-state index in [0.717, 1.165) is 64.0 Å². The normalized spacial score (nSPS) is 20.8. The van der Waals surface area contributed by atoms with E-state index < -0.39 is 9.85 Å². The molecule has 4 unspecified atom stereocenters. The van der Waals surface area contributed by atoms with Crippen LogP contribution in [0.3, 0.4) is 0 Å². The first-order valence-corrected chi connectivity index (χ1v) is 16.4. The average molecular weight is 685 g/mol. The number of nitro groups is 2. The lowest BCUT2D eigenvalue weighted by molar-refractivity contribution is -0.385. The van der Waals surface area contributed by atoms with Crippen molar-refractivity contribution >= 4 is 22.7 Å². The zero-order valence-corrected chi connectivity index (χ0v) is 27.1. The Balaban J connectivity index is 0.000000157. The van der Waals surface area contributed by atoms with Crippen molar-refractivity contribution < 1.29 is 38.3 Å². The van der Waals surface area contributed by atoms with Gasteiger partial charge in [-0.3, -0.25) is 20.2 Å². The summed E-state index contributed by atoms with van der Waals surface area (Å²) in [5.74, 6) is 1.87. The van der Waals surface area contributed by atoms with Gasteiger partial charge in [-0.2, -0.15) is 0 Å². The van der Waals surface area contributed by atoms with Gasteiger partial charge in [0, 0.05) is 49.7 Å². The molecule has 14 heteroatoms. The van der Waals surface area contributed by atoms with Gasteiger partial charge in [0.05, 0.1) is 66.8 Å². The van der Waals surface area contributed by atoms with Crippen LogP contribution in [0.15, 0.2) is 97.1 Å². The van der Waals surface area contributed by atoms with Crippen LogP contribution in [0.4, 0.5) is 22.7 Å². The molecule has 4 saturated heterocycles. The van der Waals surface area contributed by atoms with E-state index in [0.29, 0.717) is 41.7 Å². The van der Waals surface area contributed by atoms with Gasteiger partial charge in [0.25, 0.3) is 5.69 Å².